The first-order valence-corrected chi connectivity index (χ1v) is 16.6. The molecule has 0 heterocycles. The van der Waals surface area contributed by atoms with E-state index in [1.54, 1.807) is 0 Å². The average molecular weight is 555 g/mol. The maximum Gasteiger partial charge on any atom is 0.335 e. The van der Waals surface area contributed by atoms with Crippen LogP contribution in [-0.2, 0) is 39.5 Å². The predicted molar refractivity (Wildman–Crippen MR) is 156 cm³/mol. The molecule has 6 nitrogen and oxygen atoms in total. The van der Waals surface area contributed by atoms with Gasteiger partial charge >= 0.3 is 15.2 Å². The first kappa shape index (κ1) is 28.7. The minimum Gasteiger partial charge on any atom is -0.309 e. The van der Waals surface area contributed by atoms with Crippen LogP contribution in [0.5, 0.6) is 0 Å². The quantitative estimate of drug-likeness (QED) is 0.153. The Morgan fingerprint density at radius 3 is 1.18 bits per heavy atom. The molecule has 0 radical (unpaired) electrons. The summed E-state index contributed by atoms with van der Waals surface area (Å²) in [5.41, 5.74) is 3.53. The summed E-state index contributed by atoms with van der Waals surface area (Å²) in [6.45, 7) is 8.39. The third kappa shape index (κ3) is 6.29. The number of fused-ring (bicyclic) bond motifs is 2. The normalized spacial score (nSPS) is 12.4. The maximum absolute atomic E-state index is 13.7. The molecule has 0 amide bonds. The van der Waals surface area contributed by atoms with Crippen molar-refractivity contribution in [2.45, 2.75) is 40.0 Å². The van der Waals surface area contributed by atoms with E-state index in [2.05, 4.69) is 24.3 Å². The molecule has 0 bridgehead atoms. The van der Waals surface area contributed by atoms with Crippen LogP contribution < -0.4 is 0 Å². The summed E-state index contributed by atoms with van der Waals surface area (Å²) < 4.78 is 50.2. The van der Waals surface area contributed by atoms with E-state index in [1.165, 1.54) is 0 Å². The highest BCUT2D eigenvalue weighted by Gasteiger charge is 2.30. The second kappa shape index (κ2) is 12.7. The molecule has 4 aromatic rings. The molecule has 0 aliphatic heterocycles. The second-order valence-electron chi connectivity index (χ2n) is 8.85. The fraction of sp³-hybridized carbons (Fsp3) is 0.333. The molecule has 0 saturated heterocycles. The lowest BCUT2D eigenvalue weighted by molar-refractivity contribution is 0.218. The molecule has 0 atom stereocenters. The lowest BCUT2D eigenvalue weighted by Crippen LogP contribution is -2.04. The Morgan fingerprint density at radius 2 is 0.842 bits per heavy atom. The number of rotatable bonds is 13. The van der Waals surface area contributed by atoms with Gasteiger partial charge in [0.15, 0.2) is 0 Å². The molecule has 4 rings (SSSR count). The summed E-state index contributed by atoms with van der Waals surface area (Å²) >= 11 is 0. The van der Waals surface area contributed by atoms with E-state index in [9.17, 15) is 9.13 Å². The highest BCUT2D eigenvalue weighted by atomic mass is 31.2. The summed E-state index contributed by atoms with van der Waals surface area (Å²) in [4.78, 5) is 0. The molecule has 0 spiro atoms. The van der Waals surface area contributed by atoms with Crippen LogP contribution >= 0.6 is 15.2 Å². The van der Waals surface area contributed by atoms with Crippen LogP contribution in [0.15, 0.2) is 72.8 Å². The molecule has 0 aromatic heterocycles. The van der Waals surface area contributed by atoms with Gasteiger partial charge in [-0.3, -0.25) is 9.13 Å². The van der Waals surface area contributed by atoms with Crippen molar-refractivity contribution in [3.63, 3.8) is 0 Å². The third-order valence-corrected chi connectivity index (χ3v) is 10.4. The Morgan fingerprint density at radius 1 is 0.500 bits per heavy atom. The molecular formula is C30H36O6P2. The topological polar surface area (TPSA) is 71.1 Å². The molecular weight excluding hydrogens is 518 g/mol. The lowest BCUT2D eigenvalue weighted by atomic mass is 9.88. The molecule has 4 aromatic carbocycles. The van der Waals surface area contributed by atoms with Crippen LogP contribution in [0.3, 0.4) is 0 Å². The van der Waals surface area contributed by atoms with Crippen molar-refractivity contribution < 1.29 is 27.2 Å². The molecule has 0 aliphatic rings. The van der Waals surface area contributed by atoms with Crippen molar-refractivity contribution in [2.24, 2.45) is 0 Å². The largest absolute Gasteiger partial charge is 0.335 e. The van der Waals surface area contributed by atoms with E-state index >= 15 is 0 Å². The molecule has 38 heavy (non-hydrogen) atoms. The van der Waals surface area contributed by atoms with Gasteiger partial charge in [-0.05, 0) is 71.5 Å². The van der Waals surface area contributed by atoms with Crippen LogP contribution in [0.1, 0.15) is 38.8 Å². The van der Waals surface area contributed by atoms with E-state index in [4.69, 9.17) is 18.1 Å². The minimum atomic E-state index is -3.41. The van der Waals surface area contributed by atoms with Gasteiger partial charge < -0.3 is 18.1 Å². The second-order valence-corrected chi connectivity index (χ2v) is 13.0. The summed E-state index contributed by atoms with van der Waals surface area (Å²) in [7, 11) is -6.82. The summed E-state index contributed by atoms with van der Waals surface area (Å²) in [6.07, 6.45) is 0.234. The SMILES string of the molecule is CCOP(=O)(Cc1ccc2ccccc2c1-c1c(CP(=O)(OCC)OCC)ccc2ccccc12)OCC. The van der Waals surface area contributed by atoms with E-state index in [-0.39, 0.29) is 38.8 Å². The van der Waals surface area contributed by atoms with Crippen molar-refractivity contribution in [3.05, 3.63) is 83.9 Å². The van der Waals surface area contributed by atoms with E-state index in [0.29, 0.717) is 0 Å². The van der Waals surface area contributed by atoms with Crippen LogP contribution in [-0.4, -0.2) is 26.4 Å². The van der Waals surface area contributed by atoms with Crippen LogP contribution in [0.4, 0.5) is 0 Å². The van der Waals surface area contributed by atoms with E-state index < -0.39 is 15.2 Å². The van der Waals surface area contributed by atoms with Gasteiger partial charge in [-0.2, -0.15) is 0 Å². The van der Waals surface area contributed by atoms with Gasteiger partial charge in [0, 0.05) is 0 Å². The molecule has 0 saturated carbocycles. The maximum atomic E-state index is 13.7. The zero-order valence-electron chi connectivity index (χ0n) is 22.5. The Bertz CT molecular complexity index is 1370. The van der Waals surface area contributed by atoms with E-state index in [1.807, 2.05) is 76.2 Å². The fourth-order valence-corrected chi connectivity index (χ4v) is 8.40. The Hall–Kier alpha value is -2.30. The van der Waals surface area contributed by atoms with Crippen molar-refractivity contribution in [2.75, 3.05) is 26.4 Å². The van der Waals surface area contributed by atoms with Gasteiger partial charge in [0.05, 0.1) is 38.8 Å². The Labute approximate surface area is 225 Å². The Kier molecular flexibility index (Phi) is 9.59. The van der Waals surface area contributed by atoms with Gasteiger partial charge in [-0.25, -0.2) is 0 Å². The summed E-state index contributed by atoms with van der Waals surface area (Å²) in [5.74, 6) is 0. The van der Waals surface area contributed by atoms with Gasteiger partial charge in [-0.15, -0.1) is 0 Å². The van der Waals surface area contributed by atoms with Crippen LogP contribution in [0.2, 0.25) is 0 Å². The van der Waals surface area contributed by atoms with E-state index in [0.717, 1.165) is 43.8 Å². The zero-order valence-corrected chi connectivity index (χ0v) is 24.3. The lowest BCUT2D eigenvalue weighted by Gasteiger charge is -2.24. The molecule has 0 N–H and O–H groups in total. The third-order valence-electron chi connectivity index (χ3n) is 6.31. The predicted octanol–water partition coefficient (Wildman–Crippen LogP) is 9.19. The summed E-state index contributed by atoms with van der Waals surface area (Å²) in [6, 6.07) is 24.3. The van der Waals surface area contributed by atoms with Crippen molar-refractivity contribution >= 4 is 36.7 Å². The first-order valence-electron chi connectivity index (χ1n) is 13.1. The van der Waals surface area contributed by atoms with Crippen molar-refractivity contribution in [3.8, 4) is 11.1 Å². The molecule has 8 heteroatoms. The smallest absolute Gasteiger partial charge is 0.309 e. The highest BCUT2D eigenvalue weighted by molar-refractivity contribution is 7.53. The summed E-state index contributed by atoms with van der Waals surface area (Å²) in [5, 5.41) is 4.10. The van der Waals surface area contributed by atoms with Gasteiger partial charge in [0.25, 0.3) is 0 Å². The van der Waals surface area contributed by atoms with Crippen LogP contribution in [0, 0.1) is 0 Å². The monoisotopic (exact) mass is 554 g/mol. The molecule has 0 fully saturated rings. The molecule has 202 valence electrons. The molecule has 0 unspecified atom stereocenters. The fourth-order valence-electron chi connectivity index (χ4n) is 4.95. The Balaban J connectivity index is 2.04. The zero-order chi connectivity index (χ0) is 27.2. The minimum absolute atomic E-state index is 0.117. The molecule has 0 aliphatic carbocycles. The number of hydrogen-bond acceptors (Lipinski definition) is 6. The van der Waals surface area contributed by atoms with Crippen LogP contribution in [0.25, 0.3) is 32.7 Å². The van der Waals surface area contributed by atoms with Gasteiger partial charge in [0.1, 0.15) is 0 Å². The van der Waals surface area contributed by atoms with Crippen molar-refractivity contribution in [1.29, 1.82) is 0 Å². The first-order chi connectivity index (χ1) is 18.4. The van der Waals surface area contributed by atoms with Gasteiger partial charge in [0.2, 0.25) is 0 Å². The number of hydrogen-bond donors (Lipinski definition) is 0. The van der Waals surface area contributed by atoms with Crippen molar-refractivity contribution in [1.82, 2.24) is 0 Å². The number of benzene rings is 4. The average Bonchev–Trinajstić information content (AvgIpc) is 2.89. The van der Waals surface area contributed by atoms with Gasteiger partial charge in [-0.1, -0.05) is 72.8 Å². The highest BCUT2D eigenvalue weighted by Crippen LogP contribution is 2.56. The standard InChI is InChI=1S/C30H36O6P2/c1-5-33-37(31,34-6-2)21-25-19-17-23-13-9-11-15-27(23)29(25)30-26(22-38(32,35-7-3)36-8-4)20-18-24-14-10-12-16-28(24)30/h9-20H,5-8,21-22H2,1-4H3.